The summed E-state index contributed by atoms with van der Waals surface area (Å²) in [7, 11) is 0. The smallest absolute Gasteiger partial charge is 0.233 e. The molecule has 0 bridgehead atoms. The van der Waals surface area contributed by atoms with Gasteiger partial charge in [0.2, 0.25) is 11.8 Å². The lowest BCUT2D eigenvalue weighted by atomic mass is 10.2. The molecule has 0 heterocycles. The average Bonchev–Trinajstić information content (AvgIpc) is 2.44. The van der Waals surface area contributed by atoms with Gasteiger partial charge < -0.3 is 21.5 Å². The van der Waals surface area contributed by atoms with E-state index in [2.05, 4.69) is 10.6 Å². The fourth-order valence-electron chi connectivity index (χ4n) is 1.47. The molecule has 1 aromatic carbocycles. The van der Waals surface area contributed by atoms with Gasteiger partial charge in [-0.25, -0.2) is 0 Å². The molecule has 0 saturated carbocycles. The van der Waals surface area contributed by atoms with Gasteiger partial charge in [0.15, 0.2) is 0 Å². The second kappa shape index (κ2) is 8.23. The molecule has 2 amide bonds. The second-order valence-electron chi connectivity index (χ2n) is 4.06. The molecular weight excluding hydrogens is 246 g/mol. The predicted octanol–water partition coefficient (Wildman–Crippen LogP) is -0.0275. The number of hydrogen-bond donors (Lipinski definition) is 4. The molecule has 0 aromatic heterocycles. The highest BCUT2D eigenvalue weighted by Gasteiger charge is 2.03. The van der Waals surface area contributed by atoms with Crippen LogP contribution in [0.1, 0.15) is 18.4 Å². The van der Waals surface area contributed by atoms with Crippen molar-refractivity contribution in [3.63, 3.8) is 0 Å². The molecule has 1 aromatic rings. The van der Waals surface area contributed by atoms with Crippen molar-refractivity contribution >= 4 is 17.5 Å². The molecule has 6 heteroatoms. The van der Waals surface area contributed by atoms with E-state index in [-0.39, 0.29) is 25.0 Å². The number of carbonyl (C=O) groups excluding carboxylic acids is 2. The van der Waals surface area contributed by atoms with Crippen LogP contribution in [0.15, 0.2) is 24.3 Å². The summed E-state index contributed by atoms with van der Waals surface area (Å²) in [5.41, 5.74) is 6.61. The van der Waals surface area contributed by atoms with E-state index in [9.17, 15) is 9.59 Å². The van der Waals surface area contributed by atoms with Crippen LogP contribution in [-0.4, -0.2) is 30.0 Å². The number of aliphatic hydroxyl groups excluding tert-OH is 1. The fraction of sp³-hybridized carbons (Fsp3) is 0.385. The molecule has 0 spiro atoms. The van der Waals surface area contributed by atoms with Crippen LogP contribution >= 0.6 is 0 Å². The first-order valence-corrected chi connectivity index (χ1v) is 6.12. The maximum Gasteiger partial charge on any atom is 0.233 e. The lowest BCUT2D eigenvalue weighted by Gasteiger charge is -2.06. The average molecular weight is 265 g/mol. The fourth-order valence-corrected chi connectivity index (χ4v) is 1.47. The van der Waals surface area contributed by atoms with Crippen molar-refractivity contribution in [3.8, 4) is 0 Å². The highest BCUT2D eigenvalue weighted by atomic mass is 16.3. The summed E-state index contributed by atoms with van der Waals surface area (Å²) in [5, 5.41) is 14.2. The van der Waals surface area contributed by atoms with Crippen LogP contribution in [0, 0.1) is 0 Å². The third-order valence-corrected chi connectivity index (χ3v) is 2.51. The van der Waals surface area contributed by atoms with E-state index >= 15 is 0 Å². The lowest BCUT2D eigenvalue weighted by Crippen LogP contribution is -2.31. The maximum absolute atomic E-state index is 11.6. The van der Waals surface area contributed by atoms with E-state index in [0.717, 1.165) is 5.56 Å². The SMILES string of the molecule is NCC(=O)NCCCC(=O)Nc1ccc(CO)cc1. The van der Waals surface area contributed by atoms with Crippen molar-refractivity contribution in [2.45, 2.75) is 19.4 Å². The maximum atomic E-state index is 11.6. The quantitative estimate of drug-likeness (QED) is 0.520. The summed E-state index contributed by atoms with van der Waals surface area (Å²) in [5.74, 6) is -0.334. The number of carbonyl (C=O) groups is 2. The summed E-state index contributed by atoms with van der Waals surface area (Å²) < 4.78 is 0. The molecule has 0 aliphatic carbocycles. The number of amides is 2. The third-order valence-electron chi connectivity index (χ3n) is 2.51. The molecular formula is C13H19N3O3. The molecule has 0 aliphatic heterocycles. The zero-order valence-corrected chi connectivity index (χ0v) is 10.7. The second-order valence-corrected chi connectivity index (χ2v) is 4.06. The Balaban J connectivity index is 2.25. The van der Waals surface area contributed by atoms with Gasteiger partial charge in [0, 0.05) is 18.7 Å². The van der Waals surface area contributed by atoms with Crippen LogP contribution in [0.4, 0.5) is 5.69 Å². The minimum absolute atomic E-state index is 0.0188. The summed E-state index contributed by atoms with van der Waals surface area (Å²) >= 11 is 0. The summed E-state index contributed by atoms with van der Waals surface area (Å²) in [4.78, 5) is 22.4. The Labute approximate surface area is 112 Å². The summed E-state index contributed by atoms with van der Waals surface area (Å²) in [6.07, 6.45) is 0.888. The van der Waals surface area contributed by atoms with Gasteiger partial charge in [-0.1, -0.05) is 12.1 Å². The van der Waals surface area contributed by atoms with Gasteiger partial charge in [0.1, 0.15) is 0 Å². The Morgan fingerprint density at radius 1 is 1.16 bits per heavy atom. The highest BCUT2D eigenvalue weighted by molar-refractivity contribution is 5.90. The van der Waals surface area contributed by atoms with E-state index in [4.69, 9.17) is 10.8 Å². The minimum atomic E-state index is -0.222. The topological polar surface area (TPSA) is 104 Å². The molecule has 5 N–H and O–H groups in total. The summed E-state index contributed by atoms with van der Waals surface area (Å²) in [6, 6.07) is 6.97. The van der Waals surface area contributed by atoms with E-state index in [1.165, 1.54) is 0 Å². The molecule has 6 nitrogen and oxygen atoms in total. The van der Waals surface area contributed by atoms with Crippen LogP contribution in [0.2, 0.25) is 0 Å². The normalized spacial score (nSPS) is 10.0. The first-order chi connectivity index (χ1) is 9.15. The van der Waals surface area contributed by atoms with Crippen LogP contribution < -0.4 is 16.4 Å². The standard InChI is InChI=1S/C13H19N3O3/c14-8-13(19)15-7-1-2-12(18)16-11-5-3-10(9-17)4-6-11/h3-6,17H,1-2,7-9,14H2,(H,15,19)(H,16,18). The van der Waals surface area contributed by atoms with Gasteiger partial charge in [-0.3, -0.25) is 9.59 Å². The minimum Gasteiger partial charge on any atom is -0.392 e. The van der Waals surface area contributed by atoms with E-state index in [1.54, 1.807) is 24.3 Å². The number of nitrogens with one attached hydrogen (secondary N) is 2. The van der Waals surface area contributed by atoms with E-state index < -0.39 is 0 Å². The molecule has 104 valence electrons. The molecule has 0 unspecified atom stereocenters. The van der Waals surface area contributed by atoms with Crippen molar-refractivity contribution in [2.75, 3.05) is 18.4 Å². The number of rotatable bonds is 7. The zero-order valence-electron chi connectivity index (χ0n) is 10.7. The Bertz CT molecular complexity index is 418. The van der Waals surface area contributed by atoms with Gasteiger partial charge in [-0.15, -0.1) is 0 Å². The molecule has 0 saturated heterocycles. The lowest BCUT2D eigenvalue weighted by molar-refractivity contribution is -0.120. The largest absolute Gasteiger partial charge is 0.392 e. The molecule has 0 fully saturated rings. The van der Waals surface area contributed by atoms with Crippen LogP contribution in [0.3, 0.4) is 0 Å². The van der Waals surface area contributed by atoms with Crippen molar-refractivity contribution < 1.29 is 14.7 Å². The first-order valence-electron chi connectivity index (χ1n) is 6.12. The van der Waals surface area contributed by atoms with Crippen LogP contribution in [-0.2, 0) is 16.2 Å². The van der Waals surface area contributed by atoms with Crippen molar-refractivity contribution in [3.05, 3.63) is 29.8 Å². The molecule has 1 rings (SSSR count). The van der Waals surface area contributed by atoms with Crippen LogP contribution in [0.25, 0.3) is 0 Å². The van der Waals surface area contributed by atoms with Gasteiger partial charge >= 0.3 is 0 Å². The van der Waals surface area contributed by atoms with E-state index in [0.29, 0.717) is 25.1 Å². The van der Waals surface area contributed by atoms with Gasteiger partial charge in [0.05, 0.1) is 13.2 Å². The zero-order chi connectivity index (χ0) is 14.1. The Hall–Kier alpha value is -1.92. The molecule has 0 radical (unpaired) electrons. The number of anilines is 1. The monoisotopic (exact) mass is 265 g/mol. The molecule has 19 heavy (non-hydrogen) atoms. The Morgan fingerprint density at radius 2 is 1.84 bits per heavy atom. The number of nitrogens with two attached hydrogens (primary N) is 1. The number of hydrogen-bond acceptors (Lipinski definition) is 4. The van der Waals surface area contributed by atoms with Crippen molar-refractivity contribution in [2.24, 2.45) is 5.73 Å². The van der Waals surface area contributed by atoms with Gasteiger partial charge in [0.25, 0.3) is 0 Å². The summed E-state index contributed by atoms with van der Waals surface area (Å²) in [6.45, 7) is 0.380. The first kappa shape index (κ1) is 15.1. The molecule has 0 aliphatic rings. The highest BCUT2D eigenvalue weighted by Crippen LogP contribution is 2.09. The van der Waals surface area contributed by atoms with Gasteiger partial charge in [-0.2, -0.15) is 0 Å². The number of aliphatic hydroxyl groups is 1. The van der Waals surface area contributed by atoms with Crippen molar-refractivity contribution in [1.82, 2.24) is 5.32 Å². The molecule has 0 atom stereocenters. The Morgan fingerprint density at radius 3 is 2.42 bits per heavy atom. The van der Waals surface area contributed by atoms with Crippen molar-refractivity contribution in [1.29, 1.82) is 0 Å². The predicted molar refractivity (Wildman–Crippen MR) is 72.3 cm³/mol. The van der Waals surface area contributed by atoms with Gasteiger partial charge in [-0.05, 0) is 24.1 Å². The van der Waals surface area contributed by atoms with Crippen LogP contribution in [0.5, 0.6) is 0 Å². The van der Waals surface area contributed by atoms with E-state index in [1.807, 2.05) is 0 Å². The number of benzene rings is 1. The third kappa shape index (κ3) is 5.98. The Kier molecular flexibility index (Phi) is 6.56.